The molecule has 4 saturated carbocycles. The molecule has 4 fully saturated rings. The van der Waals surface area contributed by atoms with Crippen molar-refractivity contribution in [1.29, 1.82) is 0 Å². The van der Waals surface area contributed by atoms with Crippen molar-refractivity contribution in [2.45, 2.75) is 115 Å². The van der Waals surface area contributed by atoms with Gasteiger partial charge < -0.3 is 24.6 Å². The van der Waals surface area contributed by atoms with Crippen molar-refractivity contribution in [2.24, 2.45) is 46.3 Å². The average Bonchev–Trinajstić information content (AvgIpc) is 3.22. The van der Waals surface area contributed by atoms with E-state index < -0.39 is 58.2 Å². The number of aliphatic hydroxyl groups is 3. The summed E-state index contributed by atoms with van der Waals surface area (Å²) in [5, 5.41) is 28.2. The molecule has 0 amide bonds. The number of hydrogen-bond donors (Lipinski definition) is 3. The van der Waals surface area contributed by atoms with Gasteiger partial charge in [0.05, 0.1) is 24.9 Å². The average molecular weight is 598 g/mol. The van der Waals surface area contributed by atoms with E-state index in [9.17, 15) is 46.3 Å². The zero-order valence-corrected chi connectivity index (χ0v) is 24.3. The molecule has 4 aliphatic carbocycles. The number of rotatable bonds is 9. The Balaban J connectivity index is 1.35. The molecule has 0 bridgehead atoms. The van der Waals surface area contributed by atoms with Crippen molar-refractivity contribution < 1.29 is 51.0 Å². The van der Waals surface area contributed by atoms with Crippen LogP contribution in [0.4, 0.5) is 13.2 Å². The van der Waals surface area contributed by atoms with Gasteiger partial charge in [-0.2, -0.15) is 8.78 Å². The normalized spacial score (nSPS) is 43.2. The van der Waals surface area contributed by atoms with Crippen molar-refractivity contribution in [2.75, 3.05) is 6.61 Å². The summed E-state index contributed by atoms with van der Waals surface area (Å²) in [6.45, 7) is 5.59. The van der Waals surface area contributed by atoms with Crippen LogP contribution in [0.5, 0.6) is 0 Å². The van der Waals surface area contributed by atoms with Gasteiger partial charge in [-0.1, -0.05) is 20.8 Å². The summed E-state index contributed by atoms with van der Waals surface area (Å²) in [5.41, 5.74) is -0.473. The molecule has 8 nitrogen and oxygen atoms in total. The van der Waals surface area contributed by atoms with Gasteiger partial charge in [0, 0.05) is 12.8 Å². The highest BCUT2D eigenvalue weighted by atomic mass is 32.2. The molecule has 40 heavy (non-hydrogen) atoms. The van der Waals surface area contributed by atoms with Crippen LogP contribution in [-0.4, -0.2) is 70.6 Å². The molecule has 0 saturated heterocycles. The van der Waals surface area contributed by atoms with Crippen LogP contribution in [-0.2, 0) is 19.6 Å². The first-order chi connectivity index (χ1) is 18.4. The largest absolute Gasteiger partial charge is 0.743 e. The highest BCUT2D eigenvalue weighted by molar-refractivity contribution is 7.86. The van der Waals surface area contributed by atoms with E-state index in [0.29, 0.717) is 25.7 Å². The van der Waals surface area contributed by atoms with Crippen LogP contribution >= 0.6 is 0 Å². The van der Waals surface area contributed by atoms with E-state index in [-0.39, 0.29) is 53.4 Å². The number of aliphatic hydroxyl groups excluding tert-OH is 3. The van der Waals surface area contributed by atoms with Crippen LogP contribution in [0.3, 0.4) is 0 Å². The van der Waals surface area contributed by atoms with Crippen molar-refractivity contribution in [3.8, 4) is 0 Å². The lowest BCUT2D eigenvalue weighted by molar-refractivity contribution is -0.207. The maximum atomic E-state index is 13.6. The Morgan fingerprint density at radius 3 is 2.40 bits per heavy atom. The second-order valence-corrected chi connectivity index (χ2v) is 15.0. The fraction of sp³-hybridized carbons (Fsp3) is 0.964. The van der Waals surface area contributed by atoms with Crippen molar-refractivity contribution >= 4 is 16.1 Å². The Hall–Kier alpha value is -0.950. The fourth-order valence-corrected chi connectivity index (χ4v) is 9.78. The predicted molar refractivity (Wildman–Crippen MR) is 138 cm³/mol. The molecule has 0 radical (unpaired) electrons. The molecule has 232 valence electrons. The molecule has 0 heterocycles. The number of alkyl halides is 3. The zero-order valence-electron chi connectivity index (χ0n) is 23.5. The Morgan fingerprint density at radius 1 is 1.07 bits per heavy atom. The van der Waals surface area contributed by atoms with E-state index in [0.717, 1.165) is 25.7 Å². The van der Waals surface area contributed by atoms with Gasteiger partial charge in [-0.25, -0.2) is 12.8 Å². The van der Waals surface area contributed by atoms with Gasteiger partial charge in [-0.15, -0.1) is 0 Å². The van der Waals surface area contributed by atoms with Crippen molar-refractivity contribution in [3.63, 3.8) is 0 Å². The Labute approximate surface area is 234 Å². The van der Waals surface area contributed by atoms with Gasteiger partial charge in [-0.05, 0) is 97.7 Å². The second-order valence-electron chi connectivity index (χ2n) is 13.5. The smallest absolute Gasteiger partial charge is 0.364 e. The molecule has 0 aliphatic heterocycles. The van der Waals surface area contributed by atoms with Crippen LogP contribution in [0, 0.1) is 46.3 Å². The lowest BCUT2D eigenvalue weighted by atomic mass is 9.43. The lowest BCUT2D eigenvalue weighted by Crippen LogP contribution is -2.62. The van der Waals surface area contributed by atoms with Crippen molar-refractivity contribution in [1.82, 2.24) is 0 Å². The van der Waals surface area contributed by atoms with Gasteiger partial charge in [0.15, 0.2) is 16.3 Å². The SMILES string of the molecule is C[C@H](CCC(=O)OCCC(F)C(F)(F)S(=O)(=O)[O-])[C@H]1CCC2C3C(O)CC4CC(O)CC[C@]4(C)C3CC(O)[C@@]21C. The van der Waals surface area contributed by atoms with E-state index in [1.165, 1.54) is 0 Å². The number of carbonyl (C=O) groups excluding carboxylic acids is 1. The first kappa shape index (κ1) is 32.0. The zero-order chi connectivity index (χ0) is 29.8. The minimum atomic E-state index is -6.17. The molecule has 12 atom stereocenters. The molecule has 8 unspecified atom stereocenters. The van der Waals surface area contributed by atoms with Gasteiger partial charge >= 0.3 is 11.2 Å². The van der Waals surface area contributed by atoms with E-state index in [1.807, 2.05) is 6.92 Å². The summed E-state index contributed by atoms with van der Waals surface area (Å²) >= 11 is 0. The molecule has 0 aromatic rings. The number of halogens is 3. The van der Waals surface area contributed by atoms with Gasteiger partial charge in [0.1, 0.15) is 0 Å². The molecular formula is C28H44F3O8S-. The Morgan fingerprint density at radius 2 is 1.75 bits per heavy atom. The highest BCUT2D eigenvalue weighted by Gasteiger charge is 2.65. The molecule has 4 aliphatic rings. The predicted octanol–water partition coefficient (Wildman–Crippen LogP) is 3.77. The summed E-state index contributed by atoms with van der Waals surface area (Å²) < 4.78 is 76.6. The fourth-order valence-electron chi connectivity index (χ4n) is 9.35. The van der Waals surface area contributed by atoms with Gasteiger partial charge in [-0.3, -0.25) is 4.79 Å². The third-order valence-corrected chi connectivity index (χ3v) is 12.6. The topological polar surface area (TPSA) is 144 Å². The van der Waals surface area contributed by atoms with Gasteiger partial charge in [0.2, 0.25) is 0 Å². The monoisotopic (exact) mass is 597 g/mol. The van der Waals surface area contributed by atoms with E-state index in [1.54, 1.807) is 0 Å². The van der Waals surface area contributed by atoms with Gasteiger partial charge in [0.25, 0.3) is 0 Å². The van der Waals surface area contributed by atoms with E-state index in [4.69, 9.17) is 4.74 Å². The quantitative estimate of drug-likeness (QED) is 0.269. The van der Waals surface area contributed by atoms with Crippen LogP contribution in [0.2, 0.25) is 0 Å². The maximum absolute atomic E-state index is 13.6. The summed E-state index contributed by atoms with van der Waals surface area (Å²) in [6, 6.07) is 0. The number of hydrogen-bond acceptors (Lipinski definition) is 8. The molecule has 0 aromatic heterocycles. The molecule has 3 N–H and O–H groups in total. The molecule has 4 rings (SSSR count). The standard InChI is InChI=1S/C28H45F3O8S/c1-15(4-7-24(35)39-11-9-22(29)28(30,31)40(36,37)38)18-5-6-19-25-20(14-23(34)27(18,19)3)26(2)10-8-17(32)12-16(26)13-21(25)33/h15-23,25,32-34H,4-14H2,1-3H3,(H,36,37,38)/p-1/t15-,16?,17?,18-,19?,20?,21?,22?,23?,25?,26+,27-/m1/s1. The minimum absolute atomic E-state index is 0.00603. The third kappa shape index (κ3) is 5.44. The first-order valence-electron chi connectivity index (χ1n) is 14.6. The van der Waals surface area contributed by atoms with Crippen molar-refractivity contribution in [3.05, 3.63) is 0 Å². The maximum Gasteiger partial charge on any atom is 0.364 e. The van der Waals surface area contributed by atoms with Crippen LogP contribution in [0.15, 0.2) is 0 Å². The molecule has 0 spiro atoms. The minimum Gasteiger partial charge on any atom is -0.743 e. The Kier molecular flexibility index (Phi) is 9.02. The lowest BCUT2D eigenvalue weighted by Gasteiger charge is -2.63. The van der Waals surface area contributed by atoms with Crippen LogP contribution in [0.1, 0.15) is 85.0 Å². The van der Waals surface area contributed by atoms with E-state index >= 15 is 0 Å². The summed E-state index contributed by atoms with van der Waals surface area (Å²) in [6.07, 6.45) is -0.169. The molecular weight excluding hydrogens is 553 g/mol. The number of esters is 1. The second kappa shape index (κ2) is 11.3. The van der Waals surface area contributed by atoms with Crippen LogP contribution in [0.25, 0.3) is 0 Å². The number of ether oxygens (including phenoxy) is 1. The van der Waals surface area contributed by atoms with E-state index in [2.05, 4.69) is 13.8 Å². The summed E-state index contributed by atoms with van der Waals surface area (Å²) in [7, 11) is -6.17. The van der Waals surface area contributed by atoms with Crippen LogP contribution < -0.4 is 0 Å². The molecule has 12 heteroatoms. The Bertz CT molecular complexity index is 1040. The summed E-state index contributed by atoms with van der Waals surface area (Å²) in [4.78, 5) is 12.2. The highest BCUT2D eigenvalue weighted by Crippen LogP contribution is 2.68. The first-order valence-corrected chi connectivity index (χ1v) is 16.0. The number of fused-ring (bicyclic) bond motifs is 5. The summed E-state index contributed by atoms with van der Waals surface area (Å²) in [5.74, 6) is -0.0474. The third-order valence-electron chi connectivity index (χ3n) is 11.7. The molecule has 0 aromatic carbocycles. The number of carbonyl (C=O) groups is 1.